The first kappa shape index (κ1) is 20.7. The minimum atomic E-state index is -3.63. The van der Waals surface area contributed by atoms with Crippen LogP contribution < -0.4 is 5.32 Å². The van der Waals surface area contributed by atoms with Crippen LogP contribution in [0.15, 0.2) is 12.3 Å². The Labute approximate surface area is 164 Å². The van der Waals surface area contributed by atoms with Crippen molar-refractivity contribution < 1.29 is 22.7 Å². The molecule has 0 radical (unpaired) electrons. The fourth-order valence-electron chi connectivity index (χ4n) is 3.68. The quantitative estimate of drug-likeness (QED) is 0.587. The second-order valence-corrected chi connectivity index (χ2v) is 9.06. The molecule has 0 spiro atoms. The van der Waals surface area contributed by atoms with Crippen molar-refractivity contribution in [3.63, 3.8) is 0 Å². The van der Waals surface area contributed by atoms with Gasteiger partial charge in [0.1, 0.15) is 5.69 Å². The van der Waals surface area contributed by atoms with Crippen molar-refractivity contribution in [3.8, 4) is 0 Å². The number of carbonyl (C=O) groups is 2. The third kappa shape index (κ3) is 4.36. The molecular formula is C17H27N5O5S. The molecule has 156 valence electrons. The predicted molar refractivity (Wildman–Crippen MR) is 101 cm³/mol. The molecular weight excluding hydrogens is 386 g/mol. The minimum absolute atomic E-state index is 0.107. The fraction of sp³-hybridized carbons (Fsp3) is 0.706. The number of aromatic nitrogens is 2. The van der Waals surface area contributed by atoms with E-state index in [1.165, 1.54) is 7.11 Å². The van der Waals surface area contributed by atoms with Gasteiger partial charge in [-0.3, -0.25) is 19.2 Å². The van der Waals surface area contributed by atoms with Gasteiger partial charge in [0.2, 0.25) is 10.0 Å². The molecule has 0 unspecified atom stereocenters. The number of aryl methyl sites for hydroxylation is 1. The average Bonchev–Trinajstić information content (AvgIpc) is 3.28. The first-order valence-electron chi connectivity index (χ1n) is 9.47. The molecule has 2 amide bonds. The molecule has 3 heterocycles. The van der Waals surface area contributed by atoms with Crippen LogP contribution in [0.1, 0.15) is 30.3 Å². The highest BCUT2D eigenvalue weighted by atomic mass is 32.2. The molecule has 2 saturated heterocycles. The SMILES string of the molecule is CCn1ccc(C(=O)N[C@H]2C[C@H]3C(=O)N(CCCOC)S(=O)(=O)CCN3C2)n1. The number of hydrogen-bond acceptors (Lipinski definition) is 7. The third-order valence-corrected chi connectivity index (χ3v) is 6.88. The van der Waals surface area contributed by atoms with Crippen molar-refractivity contribution in [3.05, 3.63) is 18.0 Å². The summed E-state index contributed by atoms with van der Waals surface area (Å²) in [5.74, 6) is -0.809. The number of carbonyl (C=O) groups excluding carboxylic acids is 2. The van der Waals surface area contributed by atoms with Gasteiger partial charge in [0.15, 0.2) is 0 Å². The lowest BCUT2D eigenvalue weighted by atomic mass is 10.1. The minimum Gasteiger partial charge on any atom is -0.385 e. The van der Waals surface area contributed by atoms with Gasteiger partial charge in [-0.25, -0.2) is 12.7 Å². The van der Waals surface area contributed by atoms with Crippen LogP contribution in [0.2, 0.25) is 0 Å². The van der Waals surface area contributed by atoms with Gasteiger partial charge in [-0.15, -0.1) is 0 Å². The number of hydrogen-bond donors (Lipinski definition) is 1. The molecule has 1 aromatic rings. The van der Waals surface area contributed by atoms with Gasteiger partial charge < -0.3 is 10.1 Å². The molecule has 2 aliphatic rings. The van der Waals surface area contributed by atoms with Crippen LogP contribution in [0.3, 0.4) is 0 Å². The van der Waals surface area contributed by atoms with Gasteiger partial charge in [0.05, 0.1) is 11.8 Å². The Morgan fingerprint density at radius 1 is 1.43 bits per heavy atom. The number of fused-ring (bicyclic) bond motifs is 1. The highest BCUT2D eigenvalue weighted by Gasteiger charge is 2.45. The third-order valence-electron chi connectivity index (χ3n) is 5.15. The van der Waals surface area contributed by atoms with E-state index < -0.39 is 22.0 Å². The second-order valence-electron chi connectivity index (χ2n) is 7.05. The van der Waals surface area contributed by atoms with Crippen molar-refractivity contribution in [2.75, 3.05) is 39.1 Å². The van der Waals surface area contributed by atoms with Crippen LogP contribution >= 0.6 is 0 Å². The van der Waals surface area contributed by atoms with Crippen molar-refractivity contribution in [1.29, 1.82) is 0 Å². The van der Waals surface area contributed by atoms with Crippen LogP contribution in [-0.2, 0) is 26.1 Å². The number of sulfonamides is 1. The second kappa shape index (κ2) is 8.58. The van der Waals surface area contributed by atoms with E-state index >= 15 is 0 Å². The molecule has 1 N–H and O–H groups in total. The Morgan fingerprint density at radius 3 is 2.89 bits per heavy atom. The number of nitrogens with zero attached hydrogens (tertiary/aromatic N) is 4. The number of nitrogens with one attached hydrogen (secondary N) is 1. The maximum absolute atomic E-state index is 12.9. The Balaban J connectivity index is 1.66. The Morgan fingerprint density at radius 2 is 2.21 bits per heavy atom. The molecule has 2 atom stereocenters. The number of methoxy groups -OCH3 is 1. The summed E-state index contributed by atoms with van der Waals surface area (Å²) < 4.78 is 32.6. The van der Waals surface area contributed by atoms with Crippen LogP contribution in [0.25, 0.3) is 0 Å². The van der Waals surface area contributed by atoms with E-state index in [1.807, 2.05) is 11.8 Å². The predicted octanol–water partition coefficient (Wildman–Crippen LogP) is -0.716. The largest absolute Gasteiger partial charge is 0.385 e. The highest BCUT2D eigenvalue weighted by Crippen LogP contribution is 2.25. The summed E-state index contributed by atoms with van der Waals surface area (Å²) in [7, 11) is -2.09. The zero-order chi connectivity index (χ0) is 20.3. The topological polar surface area (TPSA) is 114 Å². The summed E-state index contributed by atoms with van der Waals surface area (Å²) in [4.78, 5) is 27.2. The smallest absolute Gasteiger partial charge is 0.272 e. The molecule has 28 heavy (non-hydrogen) atoms. The fourth-order valence-corrected chi connectivity index (χ4v) is 5.17. The number of amides is 2. The monoisotopic (exact) mass is 413 g/mol. The summed E-state index contributed by atoms with van der Waals surface area (Å²) in [6, 6.07) is 0.884. The van der Waals surface area contributed by atoms with Gasteiger partial charge >= 0.3 is 0 Å². The van der Waals surface area contributed by atoms with E-state index in [1.54, 1.807) is 16.9 Å². The number of rotatable bonds is 7. The first-order chi connectivity index (χ1) is 13.4. The lowest BCUT2D eigenvalue weighted by Gasteiger charge is -2.23. The van der Waals surface area contributed by atoms with Crippen molar-refractivity contribution in [2.45, 2.75) is 38.4 Å². The summed E-state index contributed by atoms with van der Waals surface area (Å²) >= 11 is 0. The van der Waals surface area contributed by atoms with Gasteiger partial charge in [-0.2, -0.15) is 5.10 Å². The molecule has 1 aromatic heterocycles. The molecule has 2 fully saturated rings. The van der Waals surface area contributed by atoms with Crippen LogP contribution in [0, 0.1) is 0 Å². The summed E-state index contributed by atoms with van der Waals surface area (Å²) in [5, 5.41) is 7.11. The van der Waals surface area contributed by atoms with E-state index in [0.29, 0.717) is 38.2 Å². The Bertz CT molecular complexity index is 824. The molecule has 3 rings (SSSR count). The Kier molecular flexibility index (Phi) is 6.36. The van der Waals surface area contributed by atoms with Crippen LogP contribution in [0.4, 0.5) is 0 Å². The summed E-state index contributed by atoms with van der Waals surface area (Å²) in [6.45, 7) is 3.83. The molecule has 2 aliphatic heterocycles. The zero-order valence-corrected chi connectivity index (χ0v) is 17.0. The van der Waals surface area contributed by atoms with Crippen molar-refractivity contribution >= 4 is 21.8 Å². The average molecular weight is 414 g/mol. The van der Waals surface area contributed by atoms with Gasteiger partial charge in [-0.1, -0.05) is 0 Å². The first-order valence-corrected chi connectivity index (χ1v) is 11.1. The van der Waals surface area contributed by atoms with E-state index in [0.717, 1.165) is 4.31 Å². The highest BCUT2D eigenvalue weighted by molar-refractivity contribution is 7.89. The van der Waals surface area contributed by atoms with E-state index in [2.05, 4.69) is 10.4 Å². The lowest BCUT2D eigenvalue weighted by Crippen LogP contribution is -2.44. The van der Waals surface area contributed by atoms with Crippen molar-refractivity contribution in [1.82, 2.24) is 24.3 Å². The molecule has 0 aromatic carbocycles. The van der Waals surface area contributed by atoms with Crippen molar-refractivity contribution in [2.24, 2.45) is 0 Å². The number of ether oxygens (including phenoxy) is 1. The van der Waals surface area contributed by atoms with Gasteiger partial charge in [0.25, 0.3) is 11.8 Å². The molecule has 0 bridgehead atoms. The standard InChI is InChI=1S/C17H27N5O5S/c1-3-21-7-5-14(19-21)16(23)18-13-11-15-17(24)22(6-4-9-27-2)28(25,26)10-8-20(15)12-13/h5,7,13,15H,3-4,6,8-12H2,1-2H3,(H,18,23)/t13-,15-/m0/s1. The maximum Gasteiger partial charge on any atom is 0.272 e. The van der Waals surface area contributed by atoms with Gasteiger partial charge in [0, 0.05) is 52.1 Å². The van der Waals surface area contributed by atoms with Crippen LogP contribution in [-0.4, -0.2) is 90.4 Å². The maximum atomic E-state index is 12.9. The Hall–Kier alpha value is -1.98. The summed E-state index contributed by atoms with van der Waals surface area (Å²) in [6.07, 6.45) is 2.58. The van der Waals surface area contributed by atoms with Gasteiger partial charge in [-0.05, 0) is 25.8 Å². The normalized spacial score (nSPS) is 24.8. The molecule has 0 saturated carbocycles. The van der Waals surface area contributed by atoms with E-state index in [4.69, 9.17) is 4.74 Å². The zero-order valence-electron chi connectivity index (χ0n) is 16.2. The van der Waals surface area contributed by atoms with E-state index in [-0.39, 0.29) is 30.8 Å². The summed E-state index contributed by atoms with van der Waals surface area (Å²) in [5.41, 5.74) is 0.332. The lowest BCUT2D eigenvalue weighted by molar-refractivity contribution is -0.130. The molecule has 10 nitrogen and oxygen atoms in total. The van der Waals surface area contributed by atoms with Crippen LogP contribution in [0.5, 0.6) is 0 Å². The van der Waals surface area contributed by atoms with E-state index in [9.17, 15) is 18.0 Å². The molecule has 0 aliphatic carbocycles. The molecule has 11 heteroatoms.